The van der Waals surface area contributed by atoms with Gasteiger partial charge in [0.2, 0.25) is 0 Å². The summed E-state index contributed by atoms with van der Waals surface area (Å²) in [5.74, 6) is 0. The predicted molar refractivity (Wildman–Crippen MR) is 77.0 cm³/mol. The van der Waals surface area contributed by atoms with Crippen molar-refractivity contribution in [2.24, 2.45) is 18.2 Å². The Hall–Kier alpha value is -1.36. The molecular formula is C15H21N3O. The number of nitrogens with one attached hydrogen (secondary N) is 1. The third-order valence-electron chi connectivity index (χ3n) is 4.33. The van der Waals surface area contributed by atoms with Gasteiger partial charge in [0.1, 0.15) is 0 Å². The minimum atomic E-state index is 0.0267. The maximum Gasteiger partial charge on any atom is 0.0575 e. The lowest BCUT2D eigenvalue weighted by molar-refractivity contribution is -0.126. The molecule has 0 spiro atoms. The number of nitrogens with two attached hydrogens (primary N) is 1. The van der Waals surface area contributed by atoms with Crippen LogP contribution in [0, 0.1) is 5.41 Å². The van der Waals surface area contributed by atoms with Gasteiger partial charge in [-0.15, -0.1) is 0 Å². The van der Waals surface area contributed by atoms with Gasteiger partial charge in [-0.1, -0.05) is 18.2 Å². The number of aryl methyl sites for hydroxylation is 1. The maximum absolute atomic E-state index is 6.01. The standard InChI is InChI=1S/C15H21N3O/c1-17-14(15(8-16)9-19-10-15)12-7-18(2)13-6-4-3-5-11(12)13/h3-7,14,17H,8-10,16H2,1-2H3. The summed E-state index contributed by atoms with van der Waals surface area (Å²) in [6.45, 7) is 2.11. The summed E-state index contributed by atoms with van der Waals surface area (Å²) in [7, 11) is 4.09. The molecule has 0 saturated carbocycles. The predicted octanol–water partition coefficient (Wildman–Crippen LogP) is 1.41. The summed E-state index contributed by atoms with van der Waals surface area (Å²) in [6.07, 6.45) is 2.21. The lowest BCUT2D eigenvalue weighted by Crippen LogP contribution is -2.55. The van der Waals surface area contributed by atoms with E-state index < -0.39 is 0 Å². The van der Waals surface area contributed by atoms with Crippen LogP contribution in [0.15, 0.2) is 30.5 Å². The minimum Gasteiger partial charge on any atom is -0.380 e. The Labute approximate surface area is 113 Å². The second kappa shape index (κ2) is 4.63. The molecule has 1 fully saturated rings. The van der Waals surface area contributed by atoms with Gasteiger partial charge in [-0.05, 0) is 18.7 Å². The average molecular weight is 259 g/mol. The molecule has 3 N–H and O–H groups in total. The fourth-order valence-corrected chi connectivity index (χ4v) is 3.16. The van der Waals surface area contributed by atoms with Crippen LogP contribution >= 0.6 is 0 Å². The molecule has 1 unspecified atom stereocenters. The molecule has 1 aliphatic rings. The van der Waals surface area contributed by atoms with Crippen LogP contribution < -0.4 is 11.1 Å². The van der Waals surface area contributed by atoms with Gasteiger partial charge in [-0.25, -0.2) is 0 Å². The fraction of sp³-hybridized carbons (Fsp3) is 0.467. The molecule has 3 rings (SSSR count). The first kappa shape index (κ1) is 12.7. The summed E-state index contributed by atoms with van der Waals surface area (Å²) in [5.41, 5.74) is 8.60. The van der Waals surface area contributed by atoms with E-state index in [0.29, 0.717) is 6.54 Å². The summed E-state index contributed by atoms with van der Waals surface area (Å²) in [6, 6.07) is 8.73. The highest BCUT2D eigenvalue weighted by Crippen LogP contribution is 2.42. The highest BCUT2D eigenvalue weighted by molar-refractivity contribution is 5.84. The molecule has 1 aromatic heterocycles. The number of fused-ring (bicyclic) bond motifs is 1. The largest absolute Gasteiger partial charge is 0.380 e. The van der Waals surface area contributed by atoms with Crippen molar-refractivity contribution in [2.75, 3.05) is 26.8 Å². The number of nitrogens with zero attached hydrogens (tertiary/aromatic N) is 1. The van der Waals surface area contributed by atoms with E-state index in [9.17, 15) is 0 Å². The van der Waals surface area contributed by atoms with Crippen LogP contribution in [0.1, 0.15) is 11.6 Å². The molecule has 0 bridgehead atoms. The van der Waals surface area contributed by atoms with Crippen LogP contribution in [0.5, 0.6) is 0 Å². The lowest BCUT2D eigenvalue weighted by atomic mass is 9.75. The third-order valence-corrected chi connectivity index (χ3v) is 4.33. The number of ether oxygens (including phenoxy) is 1. The summed E-state index contributed by atoms with van der Waals surface area (Å²) < 4.78 is 7.60. The van der Waals surface area contributed by atoms with Gasteiger partial charge >= 0.3 is 0 Å². The zero-order chi connectivity index (χ0) is 13.5. The Balaban J connectivity index is 2.11. The first-order valence-electron chi connectivity index (χ1n) is 6.71. The van der Waals surface area contributed by atoms with Crippen LogP contribution in [-0.2, 0) is 11.8 Å². The highest BCUT2D eigenvalue weighted by atomic mass is 16.5. The molecule has 1 aliphatic heterocycles. The Bertz CT molecular complexity index is 581. The minimum absolute atomic E-state index is 0.0267. The Morgan fingerprint density at radius 3 is 2.74 bits per heavy atom. The maximum atomic E-state index is 6.01. The second-order valence-corrected chi connectivity index (χ2v) is 5.49. The zero-order valence-electron chi connectivity index (χ0n) is 11.5. The molecule has 1 aromatic carbocycles. The molecule has 19 heavy (non-hydrogen) atoms. The van der Waals surface area contributed by atoms with Crippen molar-refractivity contribution in [3.05, 3.63) is 36.0 Å². The van der Waals surface area contributed by atoms with Gasteiger partial charge in [0.05, 0.1) is 13.2 Å². The number of rotatable bonds is 4. The SMILES string of the molecule is CNC(c1cn(C)c2ccccc12)C1(CN)COC1. The van der Waals surface area contributed by atoms with Crippen LogP contribution in [0.25, 0.3) is 10.9 Å². The first-order valence-corrected chi connectivity index (χ1v) is 6.71. The third kappa shape index (κ3) is 1.79. The van der Waals surface area contributed by atoms with E-state index in [1.807, 2.05) is 7.05 Å². The van der Waals surface area contributed by atoms with Gasteiger partial charge in [0.15, 0.2) is 0 Å². The van der Waals surface area contributed by atoms with Gasteiger partial charge in [0, 0.05) is 42.1 Å². The Kier molecular flexibility index (Phi) is 3.09. The number of benzene rings is 1. The van der Waals surface area contributed by atoms with E-state index in [4.69, 9.17) is 10.5 Å². The van der Waals surface area contributed by atoms with Crippen molar-refractivity contribution in [1.82, 2.24) is 9.88 Å². The lowest BCUT2D eigenvalue weighted by Gasteiger charge is -2.46. The molecular weight excluding hydrogens is 238 g/mol. The van der Waals surface area contributed by atoms with E-state index in [2.05, 4.69) is 47.4 Å². The Morgan fingerprint density at radius 1 is 1.42 bits per heavy atom. The van der Waals surface area contributed by atoms with E-state index in [1.54, 1.807) is 0 Å². The molecule has 102 valence electrons. The van der Waals surface area contributed by atoms with E-state index >= 15 is 0 Å². The molecule has 0 radical (unpaired) electrons. The summed E-state index contributed by atoms with van der Waals surface area (Å²) in [4.78, 5) is 0. The molecule has 2 aromatic rings. The molecule has 0 aliphatic carbocycles. The smallest absolute Gasteiger partial charge is 0.0575 e. The Morgan fingerprint density at radius 2 is 2.16 bits per heavy atom. The quantitative estimate of drug-likeness (QED) is 0.873. The number of hydrogen-bond acceptors (Lipinski definition) is 3. The van der Waals surface area contributed by atoms with Crippen molar-refractivity contribution in [1.29, 1.82) is 0 Å². The van der Waals surface area contributed by atoms with Crippen LogP contribution in [0.4, 0.5) is 0 Å². The molecule has 4 heteroatoms. The van der Waals surface area contributed by atoms with Gasteiger partial charge in [-0.3, -0.25) is 0 Å². The van der Waals surface area contributed by atoms with Crippen molar-refractivity contribution >= 4 is 10.9 Å². The molecule has 1 atom stereocenters. The zero-order valence-corrected chi connectivity index (χ0v) is 11.5. The van der Waals surface area contributed by atoms with E-state index in [0.717, 1.165) is 13.2 Å². The monoisotopic (exact) mass is 259 g/mol. The number of aromatic nitrogens is 1. The van der Waals surface area contributed by atoms with Gasteiger partial charge in [-0.2, -0.15) is 0 Å². The van der Waals surface area contributed by atoms with Crippen molar-refractivity contribution < 1.29 is 4.74 Å². The van der Waals surface area contributed by atoms with Crippen molar-refractivity contribution in [3.8, 4) is 0 Å². The topological polar surface area (TPSA) is 52.2 Å². The van der Waals surface area contributed by atoms with Crippen LogP contribution in [-0.4, -0.2) is 31.4 Å². The average Bonchev–Trinajstić information content (AvgIpc) is 2.72. The molecule has 2 heterocycles. The van der Waals surface area contributed by atoms with Crippen LogP contribution in [0.3, 0.4) is 0 Å². The van der Waals surface area contributed by atoms with Gasteiger partial charge in [0.25, 0.3) is 0 Å². The van der Waals surface area contributed by atoms with E-state index in [1.165, 1.54) is 16.5 Å². The highest BCUT2D eigenvalue weighted by Gasteiger charge is 2.45. The molecule has 4 nitrogen and oxygen atoms in total. The van der Waals surface area contributed by atoms with E-state index in [-0.39, 0.29) is 11.5 Å². The number of hydrogen-bond donors (Lipinski definition) is 2. The summed E-state index contributed by atoms with van der Waals surface area (Å²) in [5, 5.41) is 4.74. The molecule has 0 amide bonds. The first-order chi connectivity index (χ1) is 9.22. The fourth-order valence-electron chi connectivity index (χ4n) is 3.16. The normalized spacial score (nSPS) is 19.3. The van der Waals surface area contributed by atoms with Crippen LogP contribution in [0.2, 0.25) is 0 Å². The number of para-hydroxylation sites is 1. The second-order valence-electron chi connectivity index (χ2n) is 5.49. The van der Waals surface area contributed by atoms with Crippen molar-refractivity contribution in [2.45, 2.75) is 6.04 Å². The molecule has 1 saturated heterocycles. The van der Waals surface area contributed by atoms with Crippen molar-refractivity contribution in [3.63, 3.8) is 0 Å². The summed E-state index contributed by atoms with van der Waals surface area (Å²) >= 11 is 0. The van der Waals surface area contributed by atoms with Gasteiger partial charge < -0.3 is 20.4 Å².